The molecule has 1 fully saturated rings. The van der Waals surface area contributed by atoms with Crippen molar-refractivity contribution >= 4 is 16.8 Å². The molecule has 150 valence electrons. The van der Waals surface area contributed by atoms with Crippen LogP contribution < -0.4 is 15.8 Å². The van der Waals surface area contributed by atoms with E-state index in [0.717, 1.165) is 55.7 Å². The highest BCUT2D eigenvalue weighted by Gasteiger charge is 2.43. The van der Waals surface area contributed by atoms with Gasteiger partial charge >= 0.3 is 0 Å². The Hall–Kier alpha value is -2.83. The number of likely N-dealkylation sites (tertiary alicyclic amines) is 1. The summed E-state index contributed by atoms with van der Waals surface area (Å²) in [5.41, 5.74) is 9.67. The highest BCUT2D eigenvalue weighted by atomic mass is 16.5. The second kappa shape index (κ2) is 7.21. The van der Waals surface area contributed by atoms with Gasteiger partial charge in [-0.15, -0.1) is 0 Å². The van der Waals surface area contributed by atoms with Crippen molar-refractivity contribution in [2.24, 2.45) is 5.73 Å². The number of nitrogens with zero attached hydrogens (tertiary/aromatic N) is 1. The lowest BCUT2D eigenvalue weighted by molar-refractivity contribution is 0.100. The van der Waals surface area contributed by atoms with Crippen LogP contribution in [-0.2, 0) is 12.0 Å². The number of carbonyl (C=O) groups is 1. The van der Waals surface area contributed by atoms with E-state index < -0.39 is 0 Å². The van der Waals surface area contributed by atoms with E-state index in [1.165, 1.54) is 11.3 Å². The average molecular weight is 390 g/mol. The minimum Gasteiger partial charge on any atom is -0.492 e. The summed E-state index contributed by atoms with van der Waals surface area (Å²) in [6.07, 6.45) is 2.01. The van der Waals surface area contributed by atoms with Crippen molar-refractivity contribution in [1.29, 1.82) is 0 Å². The van der Waals surface area contributed by atoms with Crippen LogP contribution >= 0.6 is 0 Å². The summed E-state index contributed by atoms with van der Waals surface area (Å²) >= 11 is 0. The molecule has 2 aromatic carbocycles. The third-order valence-electron chi connectivity index (χ3n) is 6.28. The molecule has 0 aliphatic carbocycles. The van der Waals surface area contributed by atoms with E-state index in [2.05, 4.69) is 15.2 Å². The summed E-state index contributed by atoms with van der Waals surface area (Å²) in [5.74, 6) is 0.538. The lowest BCUT2D eigenvalue weighted by Crippen LogP contribution is -2.49. The standard InChI is InChI=1S/C23H26N4O2/c24-22(28)16-6-7-20-19(14-16)18-8-10-25-23(21(18)26-20)9-11-27(15-23)12-13-29-17-4-2-1-3-5-17/h1-7,14,25-26H,8-13,15H2,(H2,24,28)/t23-/m1/s1. The van der Waals surface area contributed by atoms with Gasteiger partial charge in [-0.2, -0.15) is 0 Å². The lowest BCUT2D eigenvalue weighted by atomic mass is 9.86. The van der Waals surface area contributed by atoms with Crippen molar-refractivity contribution in [2.75, 3.05) is 32.8 Å². The first-order chi connectivity index (χ1) is 14.1. The highest BCUT2D eigenvalue weighted by molar-refractivity contribution is 5.98. The number of aromatic amines is 1. The summed E-state index contributed by atoms with van der Waals surface area (Å²) in [6.45, 7) is 4.51. The van der Waals surface area contributed by atoms with Gasteiger partial charge in [-0.3, -0.25) is 9.69 Å². The van der Waals surface area contributed by atoms with Crippen LogP contribution in [0.2, 0.25) is 0 Å². The number of carbonyl (C=O) groups excluding carboxylic acids is 1. The zero-order valence-corrected chi connectivity index (χ0v) is 16.4. The maximum absolute atomic E-state index is 11.6. The molecule has 2 aliphatic rings. The van der Waals surface area contributed by atoms with Gasteiger partial charge in [0.25, 0.3) is 0 Å². The number of hydrogen-bond acceptors (Lipinski definition) is 4. The maximum atomic E-state index is 11.6. The van der Waals surface area contributed by atoms with Crippen LogP contribution in [0.3, 0.4) is 0 Å². The number of aromatic nitrogens is 1. The zero-order valence-electron chi connectivity index (χ0n) is 16.4. The van der Waals surface area contributed by atoms with Crippen LogP contribution in [0.25, 0.3) is 10.9 Å². The van der Waals surface area contributed by atoms with Gasteiger partial charge in [0.2, 0.25) is 5.91 Å². The number of amides is 1. The third-order valence-corrected chi connectivity index (χ3v) is 6.28. The Morgan fingerprint density at radius 3 is 2.90 bits per heavy atom. The molecule has 2 aliphatic heterocycles. The highest BCUT2D eigenvalue weighted by Crippen LogP contribution is 2.39. The van der Waals surface area contributed by atoms with E-state index >= 15 is 0 Å². The molecule has 0 radical (unpaired) electrons. The zero-order chi connectivity index (χ0) is 19.8. The average Bonchev–Trinajstić information content (AvgIpc) is 3.31. The van der Waals surface area contributed by atoms with E-state index in [-0.39, 0.29) is 11.4 Å². The third kappa shape index (κ3) is 3.28. The van der Waals surface area contributed by atoms with Gasteiger partial charge < -0.3 is 20.8 Å². The first-order valence-corrected chi connectivity index (χ1v) is 10.2. The Balaban J connectivity index is 1.34. The van der Waals surface area contributed by atoms with Crippen LogP contribution in [0.15, 0.2) is 48.5 Å². The van der Waals surface area contributed by atoms with Crippen LogP contribution in [0, 0.1) is 0 Å². The van der Waals surface area contributed by atoms with E-state index in [4.69, 9.17) is 10.5 Å². The molecule has 0 unspecified atom stereocenters. The molecule has 4 N–H and O–H groups in total. The molecule has 1 saturated heterocycles. The fraction of sp³-hybridized carbons (Fsp3) is 0.348. The number of nitrogens with two attached hydrogens (primary N) is 1. The Kier molecular flexibility index (Phi) is 4.53. The molecule has 6 heteroatoms. The lowest BCUT2D eigenvalue weighted by Gasteiger charge is -2.35. The largest absolute Gasteiger partial charge is 0.492 e. The Morgan fingerprint density at radius 2 is 2.07 bits per heavy atom. The number of H-pyrrole nitrogens is 1. The number of para-hydroxylation sites is 1. The second-order valence-electron chi connectivity index (χ2n) is 8.05. The molecule has 5 rings (SSSR count). The molecule has 1 aromatic heterocycles. The van der Waals surface area contributed by atoms with Gasteiger partial charge in [0.05, 0.1) is 5.54 Å². The number of ether oxygens (including phenoxy) is 1. The normalized spacial score (nSPS) is 21.5. The van der Waals surface area contributed by atoms with E-state index in [1.807, 2.05) is 42.5 Å². The molecule has 1 atom stereocenters. The van der Waals surface area contributed by atoms with Crippen LogP contribution in [0.4, 0.5) is 0 Å². The van der Waals surface area contributed by atoms with Gasteiger partial charge in [0.15, 0.2) is 0 Å². The summed E-state index contributed by atoms with van der Waals surface area (Å²) in [6, 6.07) is 15.7. The van der Waals surface area contributed by atoms with E-state index in [0.29, 0.717) is 12.2 Å². The molecule has 6 nitrogen and oxygen atoms in total. The van der Waals surface area contributed by atoms with Crippen molar-refractivity contribution in [3.8, 4) is 5.75 Å². The molecule has 0 bridgehead atoms. The predicted molar refractivity (Wildman–Crippen MR) is 113 cm³/mol. The number of nitrogens with one attached hydrogen (secondary N) is 2. The predicted octanol–water partition coefficient (Wildman–Crippen LogP) is 2.39. The topological polar surface area (TPSA) is 83.4 Å². The fourth-order valence-electron chi connectivity index (χ4n) is 4.82. The smallest absolute Gasteiger partial charge is 0.248 e. The fourth-order valence-corrected chi connectivity index (χ4v) is 4.82. The minimum absolute atomic E-state index is 0.0633. The minimum atomic E-state index is -0.379. The van der Waals surface area contributed by atoms with E-state index in [9.17, 15) is 4.79 Å². The molecule has 1 spiro atoms. The molecule has 29 heavy (non-hydrogen) atoms. The Labute approximate surface area is 170 Å². The maximum Gasteiger partial charge on any atom is 0.248 e. The van der Waals surface area contributed by atoms with Crippen molar-refractivity contribution in [3.05, 3.63) is 65.4 Å². The number of rotatable bonds is 5. The summed E-state index contributed by atoms with van der Waals surface area (Å²) in [4.78, 5) is 17.7. The monoisotopic (exact) mass is 390 g/mol. The van der Waals surface area contributed by atoms with Gasteiger partial charge in [0.1, 0.15) is 12.4 Å². The second-order valence-corrected chi connectivity index (χ2v) is 8.05. The van der Waals surface area contributed by atoms with Gasteiger partial charge in [-0.1, -0.05) is 18.2 Å². The van der Waals surface area contributed by atoms with Crippen LogP contribution in [-0.4, -0.2) is 48.6 Å². The Bertz CT molecular complexity index is 1050. The number of hydrogen-bond donors (Lipinski definition) is 3. The van der Waals surface area contributed by atoms with Crippen molar-refractivity contribution in [1.82, 2.24) is 15.2 Å². The summed E-state index contributed by atoms with van der Waals surface area (Å²) in [7, 11) is 0. The molecule has 1 amide bonds. The van der Waals surface area contributed by atoms with Crippen molar-refractivity contribution in [3.63, 3.8) is 0 Å². The molecule has 3 heterocycles. The first kappa shape index (κ1) is 18.2. The van der Waals surface area contributed by atoms with Crippen molar-refractivity contribution in [2.45, 2.75) is 18.4 Å². The van der Waals surface area contributed by atoms with Gasteiger partial charge in [-0.05, 0) is 48.7 Å². The molecule has 0 saturated carbocycles. The number of benzene rings is 2. The van der Waals surface area contributed by atoms with Crippen molar-refractivity contribution < 1.29 is 9.53 Å². The van der Waals surface area contributed by atoms with Gasteiger partial charge in [-0.25, -0.2) is 0 Å². The Morgan fingerprint density at radius 1 is 1.21 bits per heavy atom. The van der Waals surface area contributed by atoms with E-state index in [1.54, 1.807) is 6.07 Å². The molecular formula is C23H26N4O2. The number of fused-ring (bicyclic) bond motifs is 4. The quantitative estimate of drug-likeness (QED) is 0.625. The van der Waals surface area contributed by atoms with Crippen LogP contribution in [0.1, 0.15) is 28.0 Å². The number of primary amides is 1. The first-order valence-electron chi connectivity index (χ1n) is 10.2. The van der Waals surface area contributed by atoms with Gasteiger partial charge in [0, 0.05) is 48.3 Å². The molecule has 3 aromatic rings. The SMILES string of the molecule is NC(=O)c1ccc2[nH]c3c(c2c1)CCN[C@@]31CCN(CCOc2ccccc2)C1. The summed E-state index contributed by atoms with van der Waals surface area (Å²) < 4.78 is 5.88. The molecular weight excluding hydrogens is 364 g/mol. The summed E-state index contributed by atoms with van der Waals surface area (Å²) in [5, 5.41) is 4.91. The van der Waals surface area contributed by atoms with Crippen LogP contribution in [0.5, 0.6) is 5.75 Å².